The van der Waals surface area contributed by atoms with Crippen LogP contribution >= 0.6 is 0 Å². The zero-order chi connectivity index (χ0) is 18.6. The number of hydrogen-bond donors (Lipinski definition) is 2. The molecule has 0 saturated heterocycles. The maximum absolute atomic E-state index is 12.4. The molecule has 4 rings (SSSR count). The molecule has 1 amide bonds. The molecule has 0 aliphatic rings. The van der Waals surface area contributed by atoms with E-state index in [0.717, 1.165) is 29.3 Å². The molecule has 4 aromatic rings. The Hall–Kier alpha value is -3.41. The zero-order valence-corrected chi connectivity index (χ0v) is 15.0. The number of aromatic amines is 1. The molecule has 136 valence electrons. The second-order valence-electron chi connectivity index (χ2n) is 6.60. The monoisotopic (exact) mass is 360 g/mol. The number of carbonyl (C=O) groups is 1. The van der Waals surface area contributed by atoms with Crippen molar-refractivity contribution in [1.29, 1.82) is 0 Å². The van der Waals surface area contributed by atoms with E-state index in [-0.39, 0.29) is 17.8 Å². The van der Waals surface area contributed by atoms with Gasteiger partial charge in [0.2, 0.25) is 5.82 Å². The summed E-state index contributed by atoms with van der Waals surface area (Å²) in [5.41, 5.74) is 3.09. The molecule has 2 aromatic heterocycles. The van der Waals surface area contributed by atoms with Gasteiger partial charge in [-0.25, -0.2) is 0 Å². The van der Waals surface area contributed by atoms with E-state index in [4.69, 9.17) is 4.52 Å². The summed E-state index contributed by atoms with van der Waals surface area (Å²) in [7, 11) is 0. The van der Waals surface area contributed by atoms with Crippen LogP contribution in [-0.4, -0.2) is 27.1 Å². The van der Waals surface area contributed by atoms with Crippen LogP contribution in [0.5, 0.6) is 0 Å². The van der Waals surface area contributed by atoms with Crippen LogP contribution in [0.4, 0.5) is 0 Å². The molecular weight excluding hydrogens is 340 g/mol. The quantitative estimate of drug-likeness (QED) is 0.545. The van der Waals surface area contributed by atoms with Crippen LogP contribution in [0.25, 0.3) is 22.3 Å². The van der Waals surface area contributed by atoms with Crippen LogP contribution < -0.4 is 5.32 Å². The van der Waals surface area contributed by atoms with Crippen molar-refractivity contribution in [2.75, 3.05) is 0 Å². The summed E-state index contributed by atoms with van der Waals surface area (Å²) in [4.78, 5) is 19.8. The van der Waals surface area contributed by atoms with Crippen LogP contribution in [0.15, 0.2) is 65.3 Å². The molecule has 0 aliphatic heterocycles. The molecule has 27 heavy (non-hydrogen) atoms. The molecule has 0 radical (unpaired) electrons. The van der Waals surface area contributed by atoms with E-state index >= 15 is 0 Å². The summed E-state index contributed by atoms with van der Waals surface area (Å²) in [6.45, 7) is 1.97. The highest BCUT2D eigenvalue weighted by Gasteiger charge is 2.18. The molecular formula is C21H20N4O2. The first-order valence-corrected chi connectivity index (χ1v) is 8.95. The minimum atomic E-state index is -0.350. The van der Waals surface area contributed by atoms with Gasteiger partial charge in [-0.05, 0) is 49.6 Å². The molecule has 0 spiro atoms. The van der Waals surface area contributed by atoms with Gasteiger partial charge in [-0.2, -0.15) is 4.98 Å². The first kappa shape index (κ1) is 17.0. The lowest BCUT2D eigenvalue weighted by Crippen LogP contribution is -2.33. The van der Waals surface area contributed by atoms with Crippen molar-refractivity contribution in [2.24, 2.45) is 0 Å². The SMILES string of the molecule is CC(CCc1ccccc1)NC(=O)c1nc(-c2ccc3[nH]ccc3c2)no1. The first-order valence-electron chi connectivity index (χ1n) is 8.95. The number of benzene rings is 2. The number of carbonyl (C=O) groups excluding carboxylic acids is 1. The lowest BCUT2D eigenvalue weighted by atomic mass is 10.1. The maximum Gasteiger partial charge on any atom is 0.316 e. The van der Waals surface area contributed by atoms with E-state index in [1.54, 1.807) is 0 Å². The number of nitrogens with zero attached hydrogens (tertiary/aromatic N) is 2. The van der Waals surface area contributed by atoms with Crippen LogP contribution in [0, 0.1) is 0 Å². The van der Waals surface area contributed by atoms with Gasteiger partial charge in [0, 0.05) is 28.7 Å². The van der Waals surface area contributed by atoms with E-state index in [9.17, 15) is 4.79 Å². The first-order chi connectivity index (χ1) is 13.2. The van der Waals surface area contributed by atoms with Crippen LogP contribution in [0.3, 0.4) is 0 Å². The molecule has 6 nitrogen and oxygen atoms in total. The lowest BCUT2D eigenvalue weighted by molar-refractivity contribution is 0.0894. The Morgan fingerprint density at radius 1 is 1.19 bits per heavy atom. The summed E-state index contributed by atoms with van der Waals surface area (Å²) in [5, 5.41) is 7.91. The topological polar surface area (TPSA) is 83.8 Å². The minimum Gasteiger partial charge on any atom is -0.361 e. The predicted octanol–water partition coefficient (Wildman–Crippen LogP) is 3.97. The second-order valence-corrected chi connectivity index (χ2v) is 6.60. The highest BCUT2D eigenvalue weighted by Crippen LogP contribution is 2.21. The number of hydrogen-bond acceptors (Lipinski definition) is 4. The van der Waals surface area contributed by atoms with E-state index in [2.05, 4.69) is 32.6 Å². The van der Waals surface area contributed by atoms with Crippen LogP contribution in [-0.2, 0) is 6.42 Å². The maximum atomic E-state index is 12.4. The van der Waals surface area contributed by atoms with Gasteiger partial charge in [0.05, 0.1) is 0 Å². The Morgan fingerprint density at radius 2 is 2.04 bits per heavy atom. The Bertz CT molecular complexity index is 1050. The minimum absolute atomic E-state index is 0.00395. The van der Waals surface area contributed by atoms with Gasteiger partial charge >= 0.3 is 11.8 Å². The normalized spacial score (nSPS) is 12.2. The third kappa shape index (κ3) is 3.89. The van der Waals surface area contributed by atoms with Crippen molar-refractivity contribution < 1.29 is 9.32 Å². The van der Waals surface area contributed by atoms with Crippen LogP contribution in [0.2, 0.25) is 0 Å². The number of nitrogens with one attached hydrogen (secondary N) is 2. The van der Waals surface area contributed by atoms with Gasteiger partial charge < -0.3 is 14.8 Å². The second kappa shape index (κ2) is 7.45. The van der Waals surface area contributed by atoms with Gasteiger partial charge in [0.1, 0.15) is 0 Å². The van der Waals surface area contributed by atoms with E-state index < -0.39 is 0 Å². The smallest absolute Gasteiger partial charge is 0.316 e. The number of H-pyrrole nitrogens is 1. The van der Waals surface area contributed by atoms with Gasteiger partial charge in [0.15, 0.2) is 0 Å². The Balaban J connectivity index is 1.39. The molecule has 0 bridgehead atoms. The summed E-state index contributed by atoms with van der Waals surface area (Å²) in [6.07, 6.45) is 3.61. The standard InChI is InChI=1S/C21H20N4O2/c1-14(7-8-15-5-3-2-4-6-15)23-20(26)21-24-19(25-27-21)17-9-10-18-16(13-17)11-12-22-18/h2-6,9-14,22H,7-8H2,1H3,(H,23,26). The summed E-state index contributed by atoms with van der Waals surface area (Å²) < 4.78 is 5.16. The summed E-state index contributed by atoms with van der Waals surface area (Å²) in [5.74, 6) is 0.0305. The van der Waals surface area contributed by atoms with Crippen molar-refractivity contribution in [3.63, 3.8) is 0 Å². The van der Waals surface area contributed by atoms with Crippen molar-refractivity contribution in [3.05, 3.63) is 72.2 Å². The predicted molar refractivity (Wildman–Crippen MR) is 103 cm³/mol. The van der Waals surface area contributed by atoms with Crippen molar-refractivity contribution in [2.45, 2.75) is 25.8 Å². The number of aromatic nitrogens is 3. The third-order valence-corrected chi connectivity index (χ3v) is 4.52. The molecule has 2 N–H and O–H groups in total. The van der Waals surface area contributed by atoms with Crippen molar-refractivity contribution in [1.82, 2.24) is 20.4 Å². The zero-order valence-electron chi connectivity index (χ0n) is 15.0. The molecule has 1 unspecified atom stereocenters. The van der Waals surface area contributed by atoms with E-state index in [1.807, 2.05) is 55.6 Å². The van der Waals surface area contributed by atoms with E-state index in [1.165, 1.54) is 5.56 Å². The highest BCUT2D eigenvalue weighted by atomic mass is 16.5. The van der Waals surface area contributed by atoms with E-state index in [0.29, 0.717) is 5.82 Å². The van der Waals surface area contributed by atoms with Crippen molar-refractivity contribution >= 4 is 16.8 Å². The Labute approximate surface area is 156 Å². The van der Waals surface area contributed by atoms with Crippen molar-refractivity contribution in [3.8, 4) is 11.4 Å². The molecule has 0 aliphatic carbocycles. The lowest BCUT2D eigenvalue weighted by Gasteiger charge is -2.12. The fourth-order valence-corrected chi connectivity index (χ4v) is 3.01. The Morgan fingerprint density at radius 3 is 2.89 bits per heavy atom. The number of aryl methyl sites for hydroxylation is 1. The molecule has 6 heteroatoms. The molecule has 2 aromatic carbocycles. The van der Waals surface area contributed by atoms with Gasteiger partial charge in [-0.15, -0.1) is 0 Å². The Kier molecular flexibility index (Phi) is 4.70. The molecule has 0 saturated carbocycles. The van der Waals surface area contributed by atoms with Gasteiger partial charge in [-0.1, -0.05) is 35.5 Å². The highest BCUT2D eigenvalue weighted by molar-refractivity contribution is 5.90. The molecule has 0 fully saturated rings. The van der Waals surface area contributed by atoms with Gasteiger partial charge in [-0.3, -0.25) is 4.79 Å². The van der Waals surface area contributed by atoms with Gasteiger partial charge in [0.25, 0.3) is 0 Å². The average molecular weight is 360 g/mol. The average Bonchev–Trinajstić information content (AvgIpc) is 3.36. The molecule has 2 heterocycles. The molecule has 1 atom stereocenters. The fraction of sp³-hybridized carbons (Fsp3) is 0.190. The third-order valence-electron chi connectivity index (χ3n) is 4.52. The number of rotatable bonds is 6. The van der Waals surface area contributed by atoms with Crippen LogP contribution in [0.1, 0.15) is 29.6 Å². The number of fused-ring (bicyclic) bond motifs is 1. The largest absolute Gasteiger partial charge is 0.361 e. The summed E-state index contributed by atoms with van der Waals surface area (Å²) in [6, 6.07) is 18.0. The fourth-order valence-electron chi connectivity index (χ4n) is 3.01. The number of amides is 1. The summed E-state index contributed by atoms with van der Waals surface area (Å²) >= 11 is 0.